The molecule has 1 amide bonds. The molecule has 2 N–H and O–H groups in total. The molecular weight excluding hydrogens is 244 g/mol. The molecule has 0 aliphatic carbocycles. The van der Waals surface area contributed by atoms with Crippen molar-refractivity contribution >= 4 is 11.9 Å². The molecule has 0 aromatic heterocycles. The Hall–Kier alpha value is -1.98. The quantitative estimate of drug-likeness (QED) is 0.845. The summed E-state index contributed by atoms with van der Waals surface area (Å²) in [6, 6.07) is 3.08. The van der Waals surface area contributed by atoms with E-state index in [9.17, 15) is 18.4 Å². The Labute approximate surface area is 103 Å². The van der Waals surface area contributed by atoms with Gasteiger partial charge < -0.3 is 10.4 Å². The molecule has 1 aromatic carbocycles. The van der Waals surface area contributed by atoms with Gasteiger partial charge >= 0.3 is 5.97 Å². The molecule has 0 aliphatic heterocycles. The van der Waals surface area contributed by atoms with Crippen molar-refractivity contribution in [3.05, 3.63) is 35.4 Å². The first-order chi connectivity index (χ1) is 8.47. The number of rotatable bonds is 5. The van der Waals surface area contributed by atoms with Crippen LogP contribution in [0.25, 0.3) is 0 Å². The fraction of sp³-hybridized carbons (Fsp3) is 0.333. The number of amides is 1. The largest absolute Gasteiger partial charge is 0.481 e. The van der Waals surface area contributed by atoms with Crippen LogP contribution >= 0.6 is 0 Å². The molecule has 0 aliphatic rings. The molecule has 1 aromatic rings. The van der Waals surface area contributed by atoms with Gasteiger partial charge in [0.15, 0.2) is 0 Å². The van der Waals surface area contributed by atoms with Gasteiger partial charge in [0, 0.05) is 6.54 Å². The van der Waals surface area contributed by atoms with Crippen LogP contribution in [-0.4, -0.2) is 23.5 Å². The lowest BCUT2D eigenvalue weighted by molar-refractivity contribution is -0.141. The smallest absolute Gasteiger partial charge is 0.308 e. The number of carboxylic acids is 1. The molecular formula is C12H13F2NO3. The van der Waals surface area contributed by atoms with Gasteiger partial charge in [-0.05, 0) is 18.6 Å². The Morgan fingerprint density at radius 1 is 1.33 bits per heavy atom. The minimum atomic E-state index is -1.06. The summed E-state index contributed by atoms with van der Waals surface area (Å²) in [4.78, 5) is 22.3. The fourth-order valence-corrected chi connectivity index (χ4v) is 1.43. The van der Waals surface area contributed by atoms with Gasteiger partial charge in [-0.1, -0.05) is 13.0 Å². The van der Waals surface area contributed by atoms with Crippen molar-refractivity contribution in [1.82, 2.24) is 5.32 Å². The molecule has 6 heteroatoms. The van der Waals surface area contributed by atoms with Crippen molar-refractivity contribution in [1.29, 1.82) is 0 Å². The lowest BCUT2D eigenvalue weighted by atomic mass is 10.1. The van der Waals surface area contributed by atoms with E-state index in [4.69, 9.17) is 5.11 Å². The van der Waals surface area contributed by atoms with Crippen molar-refractivity contribution in [2.45, 2.75) is 13.3 Å². The van der Waals surface area contributed by atoms with Gasteiger partial charge in [-0.25, -0.2) is 8.78 Å². The van der Waals surface area contributed by atoms with Gasteiger partial charge in [-0.2, -0.15) is 0 Å². The van der Waals surface area contributed by atoms with E-state index in [-0.39, 0.29) is 6.54 Å². The van der Waals surface area contributed by atoms with Crippen molar-refractivity contribution in [3.63, 3.8) is 0 Å². The van der Waals surface area contributed by atoms with Crippen LogP contribution in [0.15, 0.2) is 18.2 Å². The molecule has 0 spiro atoms. The minimum Gasteiger partial charge on any atom is -0.481 e. The van der Waals surface area contributed by atoms with Crippen LogP contribution in [0, 0.1) is 17.6 Å². The van der Waals surface area contributed by atoms with E-state index in [0.717, 1.165) is 18.2 Å². The van der Waals surface area contributed by atoms with E-state index in [1.165, 1.54) is 0 Å². The highest BCUT2D eigenvalue weighted by Gasteiger charge is 2.20. The second-order valence-corrected chi connectivity index (χ2v) is 3.75. The number of benzene rings is 1. The first-order valence-electron chi connectivity index (χ1n) is 5.42. The fourth-order valence-electron chi connectivity index (χ4n) is 1.43. The number of aliphatic carboxylic acids is 1. The molecule has 0 radical (unpaired) electrons. The van der Waals surface area contributed by atoms with Crippen LogP contribution in [0.1, 0.15) is 23.7 Å². The topological polar surface area (TPSA) is 66.4 Å². The van der Waals surface area contributed by atoms with E-state index in [1.807, 2.05) is 0 Å². The maximum absolute atomic E-state index is 13.2. The molecule has 0 saturated heterocycles. The lowest BCUT2D eigenvalue weighted by Gasteiger charge is -2.11. The molecule has 0 saturated carbocycles. The van der Waals surface area contributed by atoms with Gasteiger partial charge in [-0.15, -0.1) is 0 Å². The van der Waals surface area contributed by atoms with Gasteiger partial charge in [0.25, 0.3) is 5.91 Å². The molecule has 4 nitrogen and oxygen atoms in total. The summed E-state index contributed by atoms with van der Waals surface area (Å²) in [5, 5.41) is 11.0. The highest BCUT2D eigenvalue weighted by atomic mass is 19.1. The van der Waals surface area contributed by atoms with Crippen LogP contribution in [0.2, 0.25) is 0 Å². The Morgan fingerprint density at radius 2 is 1.89 bits per heavy atom. The van der Waals surface area contributed by atoms with Gasteiger partial charge in [0.2, 0.25) is 0 Å². The zero-order valence-electron chi connectivity index (χ0n) is 9.74. The van der Waals surface area contributed by atoms with Crippen molar-refractivity contribution in [2.24, 2.45) is 5.92 Å². The minimum absolute atomic E-state index is 0.168. The van der Waals surface area contributed by atoms with Gasteiger partial charge in [0.1, 0.15) is 17.2 Å². The summed E-state index contributed by atoms with van der Waals surface area (Å²) in [5.41, 5.74) is -0.697. The van der Waals surface area contributed by atoms with Crippen LogP contribution in [-0.2, 0) is 4.79 Å². The number of halogens is 2. The molecule has 18 heavy (non-hydrogen) atoms. The third-order valence-electron chi connectivity index (χ3n) is 2.54. The number of hydrogen-bond acceptors (Lipinski definition) is 2. The summed E-state index contributed by atoms with van der Waals surface area (Å²) in [6.07, 6.45) is 0.315. The van der Waals surface area contributed by atoms with E-state index in [0.29, 0.717) is 6.42 Å². The van der Waals surface area contributed by atoms with Crippen LogP contribution in [0.5, 0.6) is 0 Å². The normalized spacial score (nSPS) is 11.9. The third-order valence-corrected chi connectivity index (χ3v) is 2.54. The summed E-state index contributed by atoms with van der Waals surface area (Å²) in [5.74, 6) is -4.74. The van der Waals surface area contributed by atoms with Gasteiger partial charge in [0.05, 0.1) is 5.92 Å². The molecule has 0 heterocycles. The van der Waals surface area contributed by atoms with Crippen LogP contribution < -0.4 is 5.32 Å². The second kappa shape index (κ2) is 6.09. The van der Waals surface area contributed by atoms with Crippen molar-refractivity contribution in [2.75, 3.05) is 6.54 Å². The van der Waals surface area contributed by atoms with E-state index in [2.05, 4.69) is 5.32 Å². The van der Waals surface area contributed by atoms with Crippen molar-refractivity contribution < 1.29 is 23.5 Å². The number of hydrogen-bond donors (Lipinski definition) is 2. The SMILES string of the molecule is CCC(CNC(=O)c1c(F)cccc1F)C(=O)O. The van der Waals surface area contributed by atoms with E-state index >= 15 is 0 Å². The van der Waals surface area contributed by atoms with E-state index in [1.54, 1.807) is 6.92 Å². The number of carbonyl (C=O) groups is 2. The predicted octanol–water partition coefficient (Wildman–Crippen LogP) is 1.81. The first kappa shape index (κ1) is 14.1. The number of carbonyl (C=O) groups excluding carboxylic acids is 1. The maximum atomic E-state index is 13.2. The molecule has 1 unspecified atom stereocenters. The maximum Gasteiger partial charge on any atom is 0.308 e. The van der Waals surface area contributed by atoms with E-state index < -0.39 is 35.0 Å². The summed E-state index contributed by atoms with van der Waals surface area (Å²) >= 11 is 0. The average Bonchev–Trinajstić information content (AvgIpc) is 2.29. The Bertz CT molecular complexity index is 442. The summed E-state index contributed by atoms with van der Waals surface area (Å²) in [7, 11) is 0. The second-order valence-electron chi connectivity index (χ2n) is 3.75. The predicted molar refractivity (Wildman–Crippen MR) is 60.1 cm³/mol. The number of carboxylic acid groups (broad SMARTS) is 1. The zero-order valence-corrected chi connectivity index (χ0v) is 9.74. The Balaban J connectivity index is 2.74. The average molecular weight is 257 g/mol. The highest BCUT2D eigenvalue weighted by molar-refractivity contribution is 5.94. The third kappa shape index (κ3) is 3.26. The van der Waals surface area contributed by atoms with Crippen molar-refractivity contribution in [3.8, 4) is 0 Å². The van der Waals surface area contributed by atoms with Crippen LogP contribution in [0.4, 0.5) is 8.78 Å². The molecule has 1 rings (SSSR count). The Morgan fingerprint density at radius 3 is 2.33 bits per heavy atom. The Kier molecular flexibility index (Phi) is 4.76. The zero-order chi connectivity index (χ0) is 13.7. The first-order valence-corrected chi connectivity index (χ1v) is 5.42. The molecule has 0 bridgehead atoms. The van der Waals surface area contributed by atoms with Gasteiger partial charge in [-0.3, -0.25) is 9.59 Å². The molecule has 98 valence electrons. The summed E-state index contributed by atoms with van der Waals surface area (Å²) in [6.45, 7) is 1.48. The lowest BCUT2D eigenvalue weighted by Crippen LogP contribution is -2.33. The van der Waals surface area contributed by atoms with Crippen LogP contribution in [0.3, 0.4) is 0 Å². The summed E-state index contributed by atoms with van der Waals surface area (Å²) < 4.78 is 26.5. The molecule has 1 atom stereocenters. The standard InChI is InChI=1S/C12H13F2NO3/c1-2-7(12(17)18)6-15-11(16)10-8(13)4-3-5-9(10)14/h3-5,7H,2,6H2,1H3,(H,15,16)(H,17,18). The number of nitrogens with one attached hydrogen (secondary N) is 1. The monoisotopic (exact) mass is 257 g/mol. The highest BCUT2D eigenvalue weighted by Crippen LogP contribution is 2.12. The molecule has 0 fully saturated rings.